The molecule has 0 aliphatic heterocycles. The summed E-state index contributed by atoms with van der Waals surface area (Å²) < 4.78 is 19.8. The van der Waals surface area contributed by atoms with Crippen LogP contribution in [0.25, 0.3) is 6.08 Å². The molecule has 31 heavy (non-hydrogen) atoms. The number of hydrogen-bond acceptors (Lipinski definition) is 3. The van der Waals surface area contributed by atoms with Crippen LogP contribution in [0.3, 0.4) is 0 Å². The summed E-state index contributed by atoms with van der Waals surface area (Å²) in [6, 6.07) is 18.8. The first-order valence-electron chi connectivity index (χ1n) is 9.52. The molecule has 0 heterocycles. The molecule has 3 aromatic rings. The molecule has 0 saturated heterocycles. The van der Waals surface area contributed by atoms with Gasteiger partial charge in [0.2, 0.25) is 0 Å². The van der Waals surface area contributed by atoms with E-state index in [9.17, 15) is 14.4 Å². The summed E-state index contributed by atoms with van der Waals surface area (Å²) in [6.07, 6.45) is 1.47. The summed E-state index contributed by atoms with van der Waals surface area (Å²) in [5, 5.41) is 12.1. The molecule has 1 N–H and O–H groups in total. The van der Waals surface area contributed by atoms with Gasteiger partial charge in [-0.15, -0.1) is 0 Å². The van der Waals surface area contributed by atoms with E-state index in [-0.39, 0.29) is 5.57 Å². The van der Waals surface area contributed by atoms with Crippen molar-refractivity contribution < 1.29 is 13.9 Å². The fourth-order valence-electron chi connectivity index (χ4n) is 3.11. The largest absolute Gasteiger partial charge is 0.488 e. The van der Waals surface area contributed by atoms with Crippen molar-refractivity contribution in [1.29, 1.82) is 5.26 Å². The second-order valence-corrected chi connectivity index (χ2v) is 8.01. The molecule has 0 fully saturated rings. The Morgan fingerprint density at radius 2 is 1.77 bits per heavy atom. The van der Waals surface area contributed by atoms with Gasteiger partial charge in [-0.1, -0.05) is 45.3 Å². The van der Waals surface area contributed by atoms with E-state index in [0.29, 0.717) is 23.6 Å². The highest BCUT2D eigenvalue weighted by atomic mass is 79.9. The molecule has 1 amide bonds. The second kappa shape index (κ2) is 10.1. The molecule has 0 aliphatic carbocycles. The monoisotopic (exact) mass is 478 g/mol. The molecule has 0 radical (unpaired) electrons. The van der Waals surface area contributed by atoms with Crippen molar-refractivity contribution in [3.63, 3.8) is 0 Å². The first kappa shape index (κ1) is 22.3. The van der Waals surface area contributed by atoms with Crippen molar-refractivity contribution in [3.05, 3.63) is 98.8 Å². The Balaban J connectivity index is 1.83. The summed E-state index contributed by atoms with van der Waals surface area (Å²) in [5.41, 5.74) is 4.22. The minimum atomic E-state index is -0.589. The van der Waals surface area contributed by atoms with Crippen LogP contribution in [0.1, 0.15) is 22.3 Å². The number of hydrogen-bond donors (Lipinski definition) is 1. The van der Waals surface area contributed by atoms with Gasteiger partial charge in [-0.05, 0) is 68.0 Å². The third-order valence-electron chi connectivity index (χ3n) is 4.41. The predicted molar refractivity (Wildman–Crippen MR) is 123 cm³/mol. The fraction of sp³-hybridized carbons (Fsp3) is 0.120. The van der Waals surface area contributed by atoms with Crippen LogP contribution in [0, 0.1) is 31.0 Å². The molecule has 3 aromatic carbocycles. The molecular weight excluding hydrogens is 459 g/mol. The van der Waals surface area contributed by atoms with Crippen molar-refractivity contribution >= 4 is 33.6 Å². The quantitative estimate of drug-likeness (QED) is 0.332. The van der Waals surface area contributed by atoms with Crippen molar-refractivity contribution in [2.45, 2.75) is 20.5 Å². The van der Waals surface area contributed by atoms with Gasteiger partial charge < -0.3 is 10.1 Å². The van der Waals surface area contributed by atoms with Crippen molar-refractivity contribution in [1.82, 2.24) is 0 Å². The zero-order valence-electron chi connectivity index (χ0n) is 17.1. The van der Waals surface area contributed by atoms with Gasteiger partial charge in [-0.3, -0.25) is 4.79 Å². The number of anilines is 1. The topological polar surface area (TPSA) is 62.1 Å². The zero-order valence-corrected chi connectivity index (χ0v) is 18.7. The minimum Gasteiger partial charge on any atom is -0.488 e. The van der Waals surface area contributed by atoms with Crippen LogP contribution in [-0.4, -0.2) is 5.91 Å². The number of ether oxygens (including phenoxy) is 1. The summed E-state index contributed by atoms with van der Waals surface area (Å²) in [4.78, 5) is 12.5. The van der Waals surface area contributed by atoms with E-state index in [2.05, 4.69) is 39.4 Å². The van der Waals surface area contributed by atoms with Crippen LogP contribution in [0.4, 0.5) is 10.1 Å². The Bertz CT molecular complexity index is 1160. The van der Waals surface area contributed by atoms with Crippen LogP contribution in [0.5, 0.6) is 5.75 Å². The van der Waals surface area contributed by atoms with Crippen molar-refractivity contribution in [2.75, 3.05) is 5.32 Å². The third kappa shape index (κ3) is 6.27. The Kier molecular flexibility index (Phi) is 7.22. The molecule has 0 bridgehead atoms. The number of carbonyl (C=O) groups excluding carboxylic acids is 1. The summed E-state index contributed by atoms with van der Waals surface area (Å²) in [6.45, 7) is 4.42. The maximum atomic E-state index is 13.1. The van der Waals surface area contributed by atoms with E-state index >= 15 is 0 Å². The predicted octanol–water partition coefficient (Wildman–Crippen LogP) is 6.33. The second-order valence-electron chi connectivity index (χ2n) is 7.10. The molecule has 0 unspecified atom stereocenters. The molecule has 0 spiro atoms. The minimum absolute atomic E-state index is 0.0984. The average molecular weight is 479 g/mol. The highest BCUT2D eigenvalue weighted by Crippen LogP contribution is 2.27. The van der Waals surface area contributed by atoms with E-state index < -0.39 is 11.7 Å². The summed E-state index contributed by atoms with van der Waals surface area (Å²) in [7, 11) is 0. The van der Waals surface area contributed by atoms with Gasteiger partial charge in [-0.25, -0.2) is 4.39 Å². The molecule has 0 atom stereocenters. The van der Waals surface area contributed by atoms with Crippen LogP contribution < -0.4 is 10.1 Å². The first-order chi connectivity index (χ1) is 14.8. The number of rotatable bonds is 6. The number of benzene rings is 3. The Labute approximate surface area is 189 Å². The third-order valence-corrected chi connectivity index (χ3v) is 4.91. The van der Waals surface area contributed by atoms with Crippen LogP contribution in [0.2, 0.25) is 0 Å². The van der Waals surface area contributed by atoms with E-state index in [1.807, 2.05) is 26.0 Å². The number of nitrogens with zero attached hydrogens (tertiary/aromatic N) is 1. The molecule has 4 nitrogen and oxygen atoms in total. The first-order valence-corrected chi connectivity index (χ1v) is 10.3. The van der Waals surface area contributed by atoms with Crippen LogP contribution >= 0.6 is 15.9 Å². The lowest BCUT2D eigenvalue weighted by atomic mass is 10.1. The number of aryl methyl sites for hydroxylation is 2. The van der Waals surface area contributed by atoms with E-state index in [4.69, 9.17) is 4.74 Å². The molecular formula is C25H20BrFN2O2. The summed E-state index contributed by atoms with van der Waals surface area (Å²) >= 11 is 3.42. The Morgan fingerprint density at radius 3 is 2.42 bits per heavy atom. The standard InChI is InChI=1S/C25H20BrFN2O2/c1-16-9-17(2)11-18(10-16)15-31-24-8-3-21(26)13-19(24)12-20(14-28)25(30)29-23-6-4-22(27)5-7-23/h3-13H,15H2,1-2H3,(H,29,30)/b20-12+. The lowest BCUT2D eigenvalue weighted by Crippen LogP contribution is -2.13. The van der Waals surface area contributed by atoms with E-state index in [0.717, 1.165) is 21.2 Å². The molecule has 0 saturated carbocycles. The van der Waals surface area contributed by atoms with Gasteiger partial charge in [0.05, 0.1) is 0 Å². The SMILES string of the molecule is Cc1cc(C)cc(COc2ccc(Br)cc2/C=C(\C#N)C(=O)Nc2ccc(F)cc2)c1. The molecule has 3 rings (SSSR count). The van der Waals surface area contributed by atoms with Gasteiger partial charge in [0.25, 0.3) is 5.91 Å². The van der Waals surface area contributed by atoms with Gasteiger partial charge >= 0.3 is 0 Å². The fourth-order valence-corrected chi connectivity index (χ4v) is 3.49. The lowest BCUT2D eigenvalue weighted by Gasteiger charge is -2.12. The highest BCUT2D eigenvalue weighted by molar-refractivity contribution is 9.10. The maximum Gasteiger partial charge on any atom is 0.266 e. The van der Waals surface area contributed by atoms with E-state index in [1.54, 1.807) is 12.1 Å². The van der Waals surface area contributed by atoms with Gasteiger partial charge in [0, 0.05) is 15.7 Å². The number of nitriles is 1. The number of nitrogens with one attached hydrogen (secondary N) is 1. The zero-order chi connectivity index (χ0) is 22.4. The highest BCUT2D eigenvalue weighted by Gasteiger charge is 2.12. The smallest absolute Gasteiger partial charge is 0.266 e. The molecule has 0 aliphatic rings. The van der Waals surface area contributed by atoms with E-state index in [1.165, 1.54) is 30.3 Å². The number of amides is 1. The lowest BCUT2D eigenvalue weighted by molar-refractivity contribution is -0.112. The number of carbonyl (C=O) groups is 1. The van der Waals surface area contributed by atoms with Crippen molar-refractivity contribution in [3.8, 4) is 11.8 Å². The van der Waals surface area contributed by atoms with Crippen molar-refractivity contribution in [2.24, 2.45) is 0 Å². The Hall–Kier alpha value is -3.43. The maximum absolute atomic E-state index is 13.1. The van der Waals surface area contributed by atoms with Crippen LogP contribution in [-0.2, 0) is 11.4 Å². The normalized spacial score (nSPS) is 11.0. The summed E-state index contributed by atoms with van der Waals surface area (Å²) in [5.74, 6) is -0.451. The molecule has 6 heteroatoms. The average Bonchev–Trinajstić information content (AvgIpc) is 2.72. The van der Waals surface area contributed by atoms with Gasteiger partial charge in [-0.2, -0.15) is 5.26 Å². The van der Waals surface area contributed by atoms with Gasteiger partial charge in [0.15, 0.2) is 0 Å². The molecule has 156 valence electrons. The molecule has 0 aromatic heterocycles. The van der Waals surface area contributed by atoms with Crippen LogP contribution in [0.15, 0.2) is 70.7 Å². The Morgan fingerprint density at radius 1 is 1.10 bits per heavy atom. The van der Waals surface area contributed by atoms with Gasteiger partial charge in [0.1, 0.15) is 29.8 Å². The number of halogens is 2.